The Labute approximate surface area is 122 Å². The van der Waals surface area contributed by atoms with Crippen LogP contribution in [0.25, 0.3) is 0 Å². The Bertz CT molecular complexity index is 374. The zero-order valence-electron chi connectivity index (χ0n) is 12.4. The van der Waals surface area contributed by atoms with Crippen molar-refractivity contribution >= 4 is 0 Å². The van der Waals surface area contributed by atoms with E-state index in [1.54, 1.807) is 0 Å². The fraction of sp³-hybridized carbons (Fsp3) is 0.765. The average Bonchev–Trinajstić information content (AvgIpc) is 2.96. The lowest BCUT2D eigenvalue weighted by Crippen LogP contribution is -2.46. The summed E-state index contributed by atoms with van der Waals surface area (Å²) in [4.78, 5) is 2.64. The van der Waals surface area contributed by atoms with Gasteiger partial charge in [0.15, 0.2) is 0 Å². The van der Waals surface area contributed by atoms with Gasteiger partial charge in [-0.15, -0.1) is 6.42 Å². The van der Waals surface area contributed by atoms with Crippen molar-refractivity contribution in [2.75, 3.05) is 6.54 Å². The Morgan fingerprint density at radius 3 is 2.85 bits per heavy atom. The molecule has 2 fully saturated rings. The molecule has 0 unspecified atom stereocenters. The molecule has 0 aromatic heterocycles. The molecule has 0 aromatic carbocycles. The molecule has 2 rings (SSSR count). The third-order valence-electron chi connectivity index (χ3n) is 4.94. The van der Waals surface area contributed by atoms with Gasteiger partial charge in [-0.2, -0.15) is 0 Å². The third kappa shape index (κ3) is 3.44. The van der Waals surface area contributed by atoms with Crippen molar-refractivity contribution in [1.29, 1.82) is 0 Å². The number of rotatable bonds is 5. The molecule has 20 heavy (non-hydrogen) atoms. The molecule has 2 N–H and O–H groups in total. The standard InChI is InChI=1S/C17H27NO2/c1-3-13-10-11-14(18-12-6-8-15(13)18)7-5-9-17(20)16(19)4-2/h2,5,7,13-17,19-20H,3,6,8-12H2,1H3/b7-5+/t13-,14-,15+,16-,17+/m1/s1. The van der Waals surface area contributed by atoms with Gasteiger partial charge in [-0.3, -0.25) is 4.90 Å². The average molecular weight is 277 g/mol. The van der Waals surface area contributed by atoms with Gasteiger partial charge >= 0.3 is 0 Å². The molecular formula is C17H27NO2. The summed E-state index contributed by atoms with van der Waals surface area (Å²) in [5.41, 5.74) is 0. The van der Waals surface area contributed by atoms with Crippen molar-refractivity contribution in [3.05, 3.63) is 12.2 Å². The molecule has 3 heteroatoms. The molecule has 0 amide bonds. The molecular weight excluding hydrogens is 250 g/mol. The van der Waals surface area contributed by atoms with E-state index in [9.17, 15) is 10.2 Å². The van der Waals surface area contributed by atoms with Crippen LogP contribution < -0.4 is 0 Å². The SMILES string of the molecule is C#C[C@@H](O)[C@@H](O)C/C=C/[C@@H]1CC[C@@H](CC)[C@@H]2CCCN12. The Kier molecular flexibility index (Phi) is 5.65. The van der Waals surface area contributed by atoms with Gasteiger partial charge in [0.25, 0.3) is 0 Å². The highest BCUT2D eigenvalue weighted by Gasteiger charge is 2.37. The normalized spacial score (nSPS) is 33.8. The maximum absolute atomic E-state index is 9.66. The highest BCUT2D eigenvalue weighted by Crippen LogP contribution is 2.37. The predicted octanol–water partition coefficient (Wildman–Crippen LogP) is 1.94. The second-order valence-corrected chi connectivity index (χ2v) is 6.10. The smallest absolute Gasteiger partial charge is 0.140 e. The van der Waals surface area contributed by atoms with Crippen LogP contribution in [0.4, 0.5) is 0 Å². The fourth-order valence-electron chi connectivity index (χ4n) is 3.77. The Morgan fingerprint density at radius 2 is 2.15 bits per heavy atom. The first-order valence-electron chi connectivity index (χ1n) is 7.92. The lowest BCUT2D eigenvalue weighted by Gasteiger charge is -2.41. The molecule has 0 aliphatic carbocycles. The van der Waals surface area contributed by atoms with E-state index in [0.717, 1.165) is 12.0 Å². The van der Waals surface area contributed by atoms with Crippen molar-refractivity contribution < 1.29 is 10.2 Å². The van der Waals surface area contributed by atoms with Crippen molar-refractivity contribution in [1.82, 2.24) is 4.90 Å². The van der Waals surface area contributed by atoms with Gasteiger partial charge in [0, 0.05) is 12.1 Å². The van der Waals surface area contributed by atoms with E-state index in [1.165, 1.54) is 38.6 Å². The van der Waals surface area contributed by atoms with Gasteiger partial charge in [0.1, 0.15) is 6.10 Å². The van der Waals surface area contributed by atoms with E-state index >= 15 is 0 Å². The minimum Gasteiger partial charge on any atom is -0.389 e. The van der Waals surface area contributed by atoms with Crippen LogP contribution in [-0.4, -0.2) is 45.9 Å². The van der Waals surface area contributed by atoms with Crippen molar-refractivity contribution in [2.24, 2.45) is 5.92 Å². The largest absolute Gasteiger partial charge is 0.389 e. The first-order valence-corrected chi connectivity index (χ1v) is 7.92. The van der Waals surface area contributed by atoms with Crippen LogP contribution in [0.1, 0.15) is 45.4 Å². The van der Waals surface area contributed by atoms with E-state index in [1.807, 2.05) is 6.08 Å². The molecule has 2 aliphatic heterocycles. The maximum Gasteiger partial charge on any atom is 0.140 e. The molecule has 0 radical (unpaired) electrons. The number of nitrogens with zero attached hydrogens (tertiary/aromatic N) is 1. The van der Waals surface area contributed by atoms with E-state index in [0.29, 0.717) is 12.5 Å². The molecule has 3 nitrogen and oxygen atoms in total. The zero-order valence-corrected chi connectivity index (χ0v) is 12.4. The fourth-order valence-corrected chi connectivity index (χ4v) is 3.77. The number of piperidine rings is 1. The summed E-state index contributed by atoms with van der Waals surface area (Å²) in [6, 6.07) is 1.25. The minimum absolute atomic E-state index is 0.428. The number of aliphatic hydroxyl groups is 2. The van der Waals surface area contributed by atoms with E-state index in [-0.39, 0.29) is 0 Å². The van der Waals surface area contributed by atoms with E-state index < -0.39 is 12.2 Å². The number of hydrogen-bond donors (Lipinski definition) is 2. The van der Waals surface area contributed by atoms with Crippen molar-refractivity contribution in [2.45, 2.75) is 69.7 Å². The van der Waals surface area contributed by atoms with E-state index in [4.69, 9.17) is 6.42 Å². The van der Waals surface area contributed by atoms with Gasteiger partial charge in [0.05, 0.1) is 6.10 Å². The van der Waals surface area contributed by atoms with Crippen LogP contribution in [0.15, 0.2) is 12.2 Å². The summed E-state index contributed by atoms with van der Waals surface area (Å²) in [6.07, 6.45) is 14.2. The monoisotopic (exact) mass is 277 g/mol. The van der Waals surface area contributed by atoms with Crippen LogP contribution in [0.2, 0.25) is 0 Å². The highest BCUT2D eigenvalue weighted by atomic mass is 16.3. The quantitative estimate of drug-likeness (QED) is 0.596. The minimum atomic E-state index is -1.06. The highest BCUT2D eigenvalue weighted by molar-refractivity contribution is 5.05. The third-order valence-corrected chi connectivity index (χ3v) is 4.94. The zero-order chi connectivity index (χ0) is 14.5. The topological polar surface area (TPSA) is 43.7 Å². The predicted molar refractivity (Wildman–Crippen MR) is 81.1 cm³/mol. The van der Waals surface area contributed by atoms with Gasteiger partial charge in [0.2, 0.25) is 0 Å². The number of terminal acetylenes is 1. The Hall–Kier alpha value is -0.820. The lowest BCUT2D eigenvalue weighted by atomic mass is 9.84. The summed E-state index contributed by atoms with van der Waals surface area (Å²) in [5.74, 6) is 3.02. The molecule has 2 aliphatic rings. The van der Waals surface area contributed by atoms with Gasteiger partial charge < -0.3 is 10.2 Å². The molecule has 2 heterocycles. The Morgan fingerprint density at radius 1 is 1.35 bits per heavy atom. The summed E-state index contributed by atoms with van der Waals surface area (Å²) in [6.45, 7) is 3.50. The summed E-state index contributed by atoms with van der Waals surface area (Å²) >= 11 is 0. The Balaban J connectivity index is 1.89. The van der Waals surface area contributed by atoms with Crippen LogP contribution in [0.3, 0.4) is 0 Å². The van der Waals surface area contributed by atoms with Crippen LogP contribution in [-0.2, 0) is 0 Å². The summed E-state index contributed by atoms with van der Waals surface area (Å²) < 4.78 is 0. The first-order chi connectivity index (χ1) is 9.67. The van der Waals surface area contributed by atoms with Gasteiger partial charge in [-0.1, -0.05) is 31.4 Å². The molecule has 2 saturated heterocycles. The summed E-state index contributed by atoms with van der Waals surface area (Å²) in [7, 11) is 0. The molecule has 0 spiro atoms. The van der Waals surface area contributed by atoms with E-state index in [2.05, 4.69) is 23.8 Å². The molecule has 0 aromatic rings. The molecule has 112 valence electrons. The van der Waals surface area contributed by atoms with Crippen molar-refractivity contribution in [3.63, 3.8) is 0 Å². The first kappa shape index (κ1) is 15.6. The van der Waals surface area contributed by atoms with Crippen LogP contribution in [0, 0.1) is 18.3 Å². The van der Waals surface area contributed by atoms with Gasteiger partial charge in [-0.25, -0.2) is 0 Å². The maximum atomic E-state index is 9.66. The number of aliphatic hydroxyl groups excluding tert-OH is 2. The second kappa shape index (κ2) is 7.26. The molecule has 5 atom stereocenters. The number of hydrogen-bond acceptors (Lipinski definition) is 3. The summed E-state index contributed by atoms with van der Waals surface area (Å²) in [5, 5.41) is 19.0. The molecule has 0 saturated carbocycles. The molecule has 0 bridgehead atoms. The van der Waals surface area contributed by atoms with Crippen molar-refractivity contribution in [3.8, 4) is 12.3 Å². The number of fused-ring (bicyclic) bond motifs is 1. The van der Waals surface area contributed by atoms with Crippen LogP contribution >= 0.6 is 0 Å². The second-order valence-electron chi connectivity index (χ2n) is 6.10. The van der Waals surface area contributed by atoms with Crippen LogP contribution in [0.5, 0.6) is 0 Å². The lowest BCUT2D eigenvalue weighted by molar-refractivity contribution is 0.0564. The van der Waals surface area contributed by atoms with Gasteiger partial charge in [-0.05, 0) is 44.6 Å².